The van der Waals surface area contributed by atoms with E-state index < -0.39 is 4.92 Å². The molecule has 0 amide bonds. The molecular formula is C10H13ClKNO4. The van der Waals surface area contributed by atoms with Gasteiger partial charge in [0.25, 0.3) is 5.69 Å². The van der Waals surface area contributed by atoms with Gasteiger partial charge < -0.3 is 10.6 Å². The Morgan fingerprint density at radius 2 is 1.82 bits per heavy atom. The Morgan fingerprint density at radius 1 is 1.35 bits per heavy atom. The third-order valence-electron chi connectivity index (χ3n) is 2.07. The van der Waals surface area contributed by atoms with Gasteiger partial charge in [-0.1, -0.05) is 32.4 Å². The van der Waals surface area contributed by atoms with Gasteiger partial charge in [-0.25, -0.2) is 0 Å². The normalized spacial score (nSPS) is 10.1. The Balaban J connectivity index is 0. The van der Waals surface area contributed by atoms with Gasteiger partial charge in [0, 0.05) is 5.56 Å². The summed E-state index contributed by atoms with van der Waals surface area (Å²) < 4.78 is 0. The van der Waals surface area contributed by atoms with Crippen molar-refractivity contribution in [3.05, 3.63) is 32.8 Å². The average Bonchev–Trinajstić information content (AvgIpc) is 2.06. The van der Waals surface area contributed by atoms with E-state index in [9.17, 15) is 15.2 Å². The molecule has 0 heterocycles. The van der Waals surface area contributed by atoms with Crippen LogP contribution in [0.4, 0.5) is 5.69 Å². The zero-order valence-corrected chi connectivity index (χ0v) is 14.1. The van der Waals surface area contributed by atoms with Gasteiger partial charge in [-0.15, -0.1) is 0 Å². The van der Waals surface area contributed by atoms with E-state index in [0.29, 0.717) is 5.56 Å². The summed E-state index contributed by atoms with van der Waals surface area (Å²) in [4.78, 5) is 10.3. The van der Waals surface area contributed by atoms with E-state index >= 15 is 0 Å². The molecule has 5 nitrogen and oxygen atoms in total. The molecule has 1 aromatic carbocycles. The van der Waals surface area contributed by atoms with Crippen LogP contribution in [0.2, 0.25) is 5.02 Å². The van der Waals surface area contributed by atoms with Crippen LogP contribution in [0.5, 0.6) is 5.75 Å². The number of hydrogen-bond donors (Lipinski definition) is 1. The number of nitrogens with zero attached hydrogens (tertiary/aromatic N) is 1. The van der Waals surface area contributed by atoms with Crippen LogP contribution < -0.4 is 51.4 Å². The number of nitro groups is 1. The van der Waals surface area contributed by atoms with Crippen LogP contribution in [0.1, 0.15) is 26.3 Å². The van der Waals surface area contributed by atoms with Crippen molar-refractivity contribution in [1.29, 1.82) is 0 Å². The minimum absolute atomic E-state index is 0. The first kappa shape index (κ1) is 19.6. The van der Waals surface area contributed by atoms with E-state index in [4.69, 9.17) is 11.6 Å². The van der Waals surface area contributed by atoms with Crippen LogP contribution >= 0.6 is 11.6 Å². The second kappa shape index (κ2) is 7.03. The fourth-order valence-electron chi connectivity index (χ4n) is 1.30. The SMILES string of the molecule is CC(C)(C)c1cc(Cl)c(O)cc1[N+](=O)[O-].[K+].[OH-]. The predicted molar refractivity (Wildman–Crippen MR) is 60.4 cm³/mol. The van der Waals surface area contributed by atoms with Crippen LogP contribution in [-0.2, 0) is 5.41 Å². The molecule has 2 N–H and O–H groups in total. The molecular weight excluding hydrogens is 273 g/mol. The van der Waals surface area contributed by atoms with Gasteiger partial charge in [0.05, 0.1) is 16.0 Å². The van der Waals surface area contributed by atoms with Crippen molar-refractivity contribution >= 4 is 17.3 Å². The van der Waals surface area contributed by atoms with Crippen LogP contribution in [0, 0.1) is 10.1 Å². The van der Waals surface area contributed by atoms with Gasteiger partial charge in [-0.2, -0.15) is 0 Å². The molecule has 0 saturated heterocycles. The van der Waals surface area contributed by atoms with Crippen LogP contribution in [0.3, 0.4) is 0 Å². The molecule has 0 aromatic heterocycles. The van der Waals surface area contributed by atoms with Crippen molar-refractivity contribution in [2.24, 2.45) is 0 Å². The van der Waals surface area contributed by atoms with Crippen molar-refractivity contribution in [3.63, 3.8) is 0 Å². The summed E-state index contributed by atoms with van der Waals surface area (Å²) >= 11 is 5.72. The predicted octanol–water partition coefficient (Wildman–Crippen LogP) is 0.0785. The molecule has 0 radical (unpaired) electrons. The first-order chi connectivity index (χ1) is 6.73. The summed E-state index contributed by atoms with van der Waals surface area (Å²) in [7, 11) is 0. The van der Waals surface area contributed by atoms with Crippen molar-refractivity contribution in [1.82, 2.24) is 0 Å². The minimum atomic E-state index is -0.517. The second-order valence-electron chi connectivity index (χ2n) is 4.33. The van der Waals surface area contributed by atoms with Gasteiger partial charge in [0.15, 0.2) is 0 Å². The quantitative estimate of drug-likeness (QED) is 0.449. The van der Waals surface area contributed by atoms with Gasteiger partial charge in [-0.3, -0.25) is 10.1 Å². The Morgan fingerprint density at radius 3 is 2.18 bits per heavy atom. The smallest absolute Gasteiger partial charge is 0.870 e. The molecule has 1 rings (SSSR count). The minimum Gasteiger partial charge on any atom is -0.870 e. The largest absolute Gasteiger partial charge is 1.00 e. The zero-order chi connectivity index (χ0) is 11.8. The van der Waals surface area contributed by atoms with Crippen molar-refractivity contribution < 1.29 is 66.9 Å². The summed E-state index contributed by atoms with van der Waals surface area (Å²) in [6.07, 6.45) is 0. The van der Waals surface area contributed by atoms with E-state index in [0.717, 1.165) is 6.07 Å². The van der Waals surface area contributed by atoms with Gasteiger partial charge >= 0.3 is 51.4 Å². The monoisotopic (exact) mass is 285 g/mol. The molecule has 0 aliphatic heterocycles. The van der Waals surface area contributed by atoms with Crippen molar-refractivity contribution in [3.8, 4) is 5.75 Å². The fraction of sp³-hybridized carbons (Fsp3) is 0.400. The second-order valence-corrected chi connectivity index (χ2v) is 4.74. The molecule has 0 fully saturated rings. The number of halogens is 1. The molecule has 90 valence electrons. The van der Waals surface area contributed by atoms with Gasteiger partial charge in [0.2, 0.25) is 0 Å². The first-order valence-electron chi connectivity index (χ1n) is 4.41. The van der Waals surface area contributed by atoms with Crippen molar-refractivity contribution in [2.75, 3.05) is 0 Å². The Kier molecular flexibility index (Phi) is 8.13. The molecule has 0 unspecified atom stereocenters. The number of benzene rings is 1. The number of rotatable bonds is 1. The summed E-state index contributed by atoms with van der Waals surface area (Å²) in [5.74, 6) is -0.267. The molecule has 1 aromatic rings. The average molecular weight is 286 g/mol. The van der Waals surface area contributed by atoms with E-state index in [2.05, 4.69) is 0 Å². The van der Waals surface area contributed by atoms with E-state index in [1.165, 1.54) is 6.07 Å². The molecule has 0 aliphatic carbocycles. The topological polar surface area (TPSA) is 93.4 Å². The maximum Gasteiger partial charge on any atom is 1.00 e. The molecule has 0 bridgehead atoms. The standard InChI is InChI=1S/C10H12ClNO3.K.H2O/c1-10(2,3)6-4-7(11)9(13)5-8(6)12(14)15;;/h4-5,13H,1-3H3;;1H2/q;+1;/p-1. The van der Waals surface area contributed by atoms with Gasteiger partial charge in [0.1, 0.15) is 5.75 Å². The fourth-order valence-corrected chi connectivity index (χ4v) is 1.47. The van der Waals surface area contributed by atoms with E-state index in [-0.39, 0.29) is 78.7 Å². The summed E-state index contributed by atoms with van der Waals surface area (Å²) in [5.41, 5.74) is 0.0134. The molecule has 7 heteroatoms. The zero-order valence-electron chi connectivity index (χ0n) is 10.2. The maximum absolute atomic E-state index is 10.8. The number of nitro benzene ring substituents is 1. The summed E-state index contributed by atoms with van der Waals surface area (Å²) in [5, 5.41) is 20.2. The molecule has 0 aliphatic rings. The van der Waals surface area contributed by atoms with E-state index in [1.807, 2.05) is 20.8 Å². The number of hydrogen-bond acceptors (Lipinski definition) is 4. The molecule has 17 heavy (non-hydrogen) atoms. The first-order valence-corrected chi connectivity index (χ1v) is 4.78. The van der Waals surface area contributed by atoms with E-state index in [1.54, 1.807) is 0 Å². The Hall–Kier alpha value is 0.306. The number of aromatic hydroxyl groups is 1. The summed E-state index contributed by atoms with van der Waals surface area (Å²) in [6, 6.07) is 2.53. The Bertz CT molecular complexity index is 418. The number of phenols is 1. The summed E-state index contributed by atoms with van der Waals surface area (Å²) in [6.45, 7) is 5.55. The molecule has 0 spiro atoms. The Labute approximate surface area is 147 Å². The third kappa shape index (κ3) is 4.82. The number of phenolic OH excluding ortho intramolecular Hbond substituents is 1. The molecule has 0 atom stereocenters. The molecule has 0 saturated carbocycles. The maximum atomic E-state index is 10.8. The van der Waals surface area contributed by atoms with Crippen LogP contribution in [-0.4, -0.2) is 15.5 Å². The van der Waals surface area contributed by atoms with Crippen LogP contribution in [0.25, 0.3) is 0 Å². The van der Waals surface area contributed by atoms with Gasteiger partial charge in [-0.05, 0) is 11.5 Å². The third-order valence-corrected chi connectivity index (χ3v) is 2.37. The van der Waals surface area contributed by atoms with Crippen LogP contribution in [0.15, 0.2) is 12.1 Å². The van der Waals surface area contributed by atoms with Crippen molar-refractivity contribution in [2.45, 2.75) is 26.2 Å².